The molecule has 0 atom stereocenters. The lowest BCUT2D eigenvalue weighted by atomic mass is 10.3. The highest BCUT2D eigenvalue weighted by molar-refractivity contribution is 7.98. The number of nitro groups is 1. The summed E-state index contributed by atoms with van der Waals surface area (Å²) >= 11 is 1.03. The molecule has 0 bridgehead atoms. The van der Waals surface area contributed by atoms with Crippen molar-refractivity contribution in [2.75, 3.05) is 26.0 Å². The molecule has 1 aromatic rings. The number of imide groups is 1. The first-order chi connectivity index (χ1) is 14.2. The number of hydrogen-bond donors (Lipinski definition) is 3. The van der Waals surface area contributed by atoms with Gasteiger partial charge in [-0.3, -0.25) is 25.0 Å². The van der Waals surface area contributed by atoms with Crippen molar-refractivity contribution in [3.8, 4) is 0 Å². The average molecular weight is 488 g/mol. The maximum atomic E-state index is 12.2. The molecule has 0 aliphatic heterocycles. The van der Waals surface area contributed by atoms with Gasteiger partial charge in [-0.25, -0.2) is 13.2 Å². The maximum Gasteiger partial charge on any atom is 0.405 e. The third-order valence-corrected chi connectivity index (χ3v) is 5.31. The van der Waals surface area contributed by atoms with Crippen LogP contribution in [0.25, 0.3) is 0 Å². The van der Waals surface area contributed by atoms with E-state index in [2.05, 4.69) is 4.74 Å². The number of hydrogen-bond acceptors (Lipinski definition) is 9. The highest BCUT2D eigenvalue weighted by Crippen LogP contribution is 2.29. The van der Waals surface area contributed by atoms with Crippen molar-refractivity contribution >= 4 is 45.4 Å². The van der Waals surface area contributed by atoms with Crippen molar-refractivity contribution in [2.24, 2.45) is 0 Å². The summed E-state index contributed by atoms with van der Waals surface area (Å²) in [6.07, 6.45) is -3.14. The molecule has 1 rings (SSSR count). The number of thioether (sulfide) groups is 1. The van der Waals surface area contributed by atoms with Crippen LogP contribution >= 0.6 is 11.8 Å². The van der Waals surface area contributed by atoms with Crippen LogP contribution in [0.2, 0.25) is 0 Å². The van der Waals surface area contributed by atoms with E-state index in [1.165, 1.54) is 16.7 Å². The van der Waals surface area contributed by atoms with Crippen molar-refractivity contribution in [3.63, 3.8) is 0 Å². The van der Waals surface area contributed by atoms with E-state index in [-0.39, 0.29) is 4.90 Å². The molecule has 1 aromatic carbocycles. The lowest BCUT2D eigenvalue weighted by Gasteiger charge is -2.10. The van der Waals surface area contributed by atoms with E-state index in [1.54, 1.807) is 6.26 Å². The third kappa shape index (κ3) is 9.18. The Kier molecular flexibility index (Phi) is 9.19. The zero-order valence-electron chi connectivity index (χ0n) is 15.5. The van der Waals surface area contributed by atoms with E-state index < -0.39 is 69.3 Å². The number of urea groups is 1. The Bertz CT molecular complexity index is 969. The summed E-state index contributed by atoms with van der Waals surface area (Å²) in [6.45, 7) is -3.73. The van der Waals surface area contributed by atoms with Crippen LogP contribution in [0, 0.1) is 10.1 Å². The molecule has 172 valence electrons. The van der Waals surface area contributed by atoms with Gasteiger partial charge in [0.15, 0.2) is 6.61 Å². The van der Waals surface area contributed by atoms with Gasteiger partial charge >= 0.3 is 18.2 Å². The van der Waals surface area contributed by atoms with Crippen molar-refractivity contribution in [3.05, 3.63) is 28.3 Å². The molecule has 0 spiro atoms. The second kappa shape index (κ2) is 10.9. The smallest absolute Gasteiger partial charge is 0.405 e. The molecule has 3 N–H and O–H groups in total. The first kappa shape index (κ1) is 26.1. The fourth-order valence-electron chi connectivity index (χ4n) is 1.80. The first-order valence-electron chi connectivity index (χ1n) is 7.87. The minimum atomic E-state index is -4.69. The number of rotatable bonds is 9. The molecule has 0 aromatic heterocycles. The Morgan fingerprint density at radius 3 is 2.45 bits per heavy atom. The Balaban J connectivity index is 2.57. The van der Waals surface area contributed by atoms with Crippen molar-refractivity contribution in [1.82, 2.24) is 15.4 Å². The Morgan fingerprint density at radius 2 is 1.90 bits per heavy atom. The molecule has 12 nitrogen and oxygen atoms in total. The Morgan fingerprint density at radius 1 is 1.26 bits per heavy atom. The average Bonchev–Trinajstić information content (AvgIpc) is 2.68. The minimum absolute atomic E-state index is 0.216. The van der Waals surface area contributed by atoms with Crippen molar-refractivity contribution < 1.29 is 45.6 Å². The molecule has 0 aliphatic rings. The number of carbonyl (C=O) groups is 3. The third-order valence-electron chi connectivity index (χ3n) is 3.13. The van der Waals surface area contributed by atoms with Gasteiger partial charge in [0.2, 0.25) is 10.0 Å². The Labute approximate surface area is 177 Å². The van der Waals surface area contributed by atoms with Crippen LogP contribution < -0.4 is 15.4 Å². The molecule has 0 aliphatic carbocycles. The molecular formula is C14H15F3N4O8S2. The van der Waals surface area contributed by atoms with Crippen LogP contribution in [-0.2, 0) is 24.3 Å². The lowest BCUT2D eigenvalue weighted by molar-refractivity contribution is -0.388. The number of alkyl halides is 3. The molecule has 17 heteroatoms. The van der Waals surface area contributed by atoms with Gasteiger partial charge < -0.3 is 10.1 Å². The molecule has 0 saturated heterocycles. The number of esters is 1. The number of nitrogens with zero attached hydrogens (tertiary/aromatic N) is 1. The number of ether oxygens (including phenoxy) is 1. The fraction of sp³-hybridized carbons (Fsp3) is 0.357. The van der Waals surface area contributed by atoms with Gasteiger partial charge in [-0.1, -0.05) is 0 Å². The highest BCUT2D eigenvalue weighted by Gasteiger charge is 2.28. The van der Waals surface area contributed by atoms with Crippen LogP contribution in [0.5, 0.6) is 0 Å². The van der Waals surface area contributed by atoms with Gasteiger partial charge in [0.25, 0.3) is 11.6 Å². The fourth-order valence-corrected chi connectivity index (χ4v) is 3.34. The van der Waals surface area contributed by atoms with E-state index in [0.29, 0.717) is 0 Å². The molecule has 31 heavy (non-hydrogen) atoms. The van der Waals surface area contributed by atoms with E-state index in [4.69, 9.17) is 0 Å². The zero-order valence-corrected chi connectivity index (χ0v) is 17.1. The number of benzene rings is 1. The van der Waals surface area contributed by atoms with E-state index in [1.807, 2.05) is 4.72 Å². The number of halogens is 3. The number of sulfonamides is 1. The standard InChI is InChI=1S/C14H15F3N4O8S2/c1-30-10-3-2-8(4-9(10)21(25)26)31(27,28)19-5-12(23)29-6-11(22)20-13(24)18-7-14(15,16)17/h2-4,19H,5-7H2,1H3,(H2,18,20,22,24). The first-order valence-corrected chi connectivity index (χ1v) is 10.6. The van der Waals surface area contributed by atoms with Gasteiger partial charge in [0.05, 0.1) is 14.7 Å². The topological polar surface area (TPSA) is 174 Å². The van der Waals surface area contributed by atoms with Crippen molar-refractivity contribution in [1.29, 1.82) is 0 Å². The summed E-state index contributed by atoms with van der Waals surface area (Å²) in [5, 5.41) is 13.8. The van der Waals surface area contributed by atoms with Crippen LogP contribution in [-0.4, -0.2) is 63.4 Å². The summed E-state index contributed by atoms with van der Waals surface area (Å²) in [7, 11) is -4.35. The van der Waals surface area contributed by atoms with Crippen molar-refractivity contribution in [2.45, 2.75) is 16.0 Å². The summed E-state index contributed by atoms with van der Waals surface area (Å²) < 4.78 is 66.3. The molecule has 0 fully saturated rings. The molecule has 0 saturated carbocycles. The van der Waals surface area contributed by atoms with E-state index >= 15 is 0 Å². The molecule has 0 unspecified atom stereocenters. The maximum absolute atomic E-state index is 12.2. The normalized spacial score (nSPS) is 11.5. The molecule has 3 amide bonds. The van der Waals surface area contributed by atoms with E-state index in [9.17, 15) is 46.1 Å². The second-order valence-electron chi connectivity index (χ2n) is 5.42. The van der Waals surface area contributed by atoms with Crippen LogP contribution in [0.4, 0.5) is 23.7 Å². The number of carbonyl (C=O) groups excluding carboxylic acids is 3. The monoisotopic (exact) mass is 488 g/mol. The van der Waals surface area contributed by atoms with Crippen LogP contribution in [0.1, 0.15) is 0 Å². The van der Waals surface area contributed by atoms with Gasteiger partial charge in [-0.2, -0.15) is 17.9 Å². The SMILES string of the molecule is CSc1ccc(S(=O)(=O)NCC(=O)OCC(=O)NC(=O)NCC(F)(F)F)cc1[N+](=O)[O-]. The van der Waals surface area contributed by atoms with Gasteiger partial charge in [0, 0.05) is 6.07 Å². The van der Waals surface area contributed by atoms with Gasteiger partial charge in [-0.15, -0.1) is 11.8 Å². The number of nitro benzene ring substituents is 1. The quantitative estimate of drug-likeness (QED) is 0.194. The minimum Gasteiger partial charge on any atom is -0.455 e. The Hall–Kier alpha value is -2.92. The molecule has 0 heterocycles. The zero-order chi connectivity index (χ0) is 23.8. The predicted octanol–water partition coefficient (Wildman–Crippen LogP) is 0.526. The molecular weight excluding hydrogens is 473 g/mol. The van der Waals surface area contributed by atoms with Gasteiger partial charge in [-0.05, 0) is 18.4 Å². The van der Waals surface area contributed by atoms with Crippen LogP contribution in [0.3, 0.4) is 0 Å². The largest absolute Gasteiger partial charge is 0.455 e. The highest BCUT2D eigenvalue weighted by atomic mass is 32.2. The van der Waals surface area contributed by atoms with Crippen LogP contribution in [0.15, 0.2) is 28.0 Å². The number of amides is 3. The summed E-state index contributed by atoms with van der Waals surface area (Å²) in [4.78, 5) is 43.9. The summed E-state index contributed by atoms with van der Waals surface area (Å²) in [6, 6.07) is 1.62. The molecule has 0 radical (unpaired) electrons. The number of nitrogens with one attached hydrogen (secondary N) is 3. The summed E-state index contributed by atoms with van der Waals surface area (Å²) in [5.41, 5.74) is -0.460. The lowest BCUT2D eigenvalue weighted by Crippen LogP contribution is -2.44. The second-order valence-corrected chi connectivity index (χ2v) is 8.04. The predicted molar refractivity (Wildman–Crippen MR) is 98.6 cm³/mol. The van der Waals surface area contributed by atoms with Gasteiger partial charge in [0.1, 0.15) is 13.1 Å². The van der Waals surface area contributed by atoms with E-state index in [0.717, 1.165) is 23.9 Å². The summed E-state index contributed by atoms with van der Waals surface area (Å²) in [5.74, 6) is -2.52.